The smallest absolute Gasteiger partial charge is 0.340 e. The van der Waals surface area contributed by atoms with Crippen LogP contribution in [-0.2, 0) is 25.4 Å². The van der Waals surface area contributed by atoms with E-state index in [1.807, 2.05) is 39.0 Å². The molecule has 1 fully saturated rings. The fourth-order valence-corrected chi connectivity index (χ4v) is 12.7. The van der Waals surface area contributed by atoms with E-state index in [0.29, 0.717) is 36.9 Å². The first-order valence-corrected chi connectivity index (χ1v) is 20.1. The van der Waals surface area contributed by atoms with Crippen molar-refractivity contribution < 1.29 is 18.8 Å². The SMILES string of the molecule is CC1CC2C(=C(OCc3ccccc3)/C1=N/OC(=O)C(C)(C)C)[C@@H](C)CC[C@@H]2[C@@H](C)CO[Si](c1ccccc1)(c1ccccc1)C(C)(C)C. The molecule has 0 aromatic heterocycles. The van der Waals surface area contributed by atoms with E-state index in [1.165, 1.54) is 15.9 Å². The zero-order valence-corrected chi connectivity index (χ0v) is 32.2. The van der Waals surface area contributed by atoms with Gasteiger partial charge in [-0.05, 0) is 90.3 Å². The van der Waals surface area contributed by atoms with Gasteiger partial charge in [-0.25, -0.2) is 4.79 Å². The van der Waals surface area contributed by atoms with Gasteiger partial charge in [-0.2, -0.15) is 0 Å². The second-order valence-corrected chi connectivity index (χ2v) is 20.8. The number of rotatable bonds is 10. The van der Waals surface area contributed by atoms with Gasteiger partial charge in [0, 0.05) is 12.5 Å². The lowest BCUT2D eigenvalue weighted by Gasteiger charge is -2.47. The van der Waals surface area contributed by atoms with Crippen LogP contribution in [0, 0.1) is 35.0 Å². The number of hydrogen-bond acceptors (Lipinski definition) is 5. The van der Waals surface area contributed by atoms with Gasteiger partial charge in [-0.3, -0.25) is 0 Å². The van der Waals surface area contributed by atoms with Gasteiger partial charge in [0.15, 0.2) is 0 Å². The third-order valence-electron chi connectivity index (χ3n) is 10.7. The Morgan fingerprint density at radius 3 is 1.90 bits per heavy atom. The van der Waals surface area contributed by atoms with Crippen molar-refractivity contribution in [3.63, 3.8) is 0 Å². The van der Waals surface area contributed by atoms with Crippen LogP contribution in [-0.4, -0.2) is 26.6 Å². The van der Waals surface area contributed by atoms with E-state index < -0.39 is 13.7 Å². The number of oxime groups is 1. The molecule has 1 saturated carbocycles. The van der Waals surface area contributed by atoms with Crippen molar-refractivity contribution in [3.8, 4) is 0 Å². The molecule has 6 heteroatoms. The fourth-order valence-electron chi connectivity index (χ4n) is 8.02. The molecule has 0 spiro atoms. The Morgan fingerprint density at radius 1 is 0.816 bits per heavy atom. The Morgan fingerprint density at radius 2 is 1.37 bits per heavy atom. The number of carbonyl (C=O) groups excluding carboxylic acids is 1. The van der Waals surface area contributed by atoms with E-state index in [9.17, 15) is 4.79 Å². The van der Waals surface area contributed by atoms with Crippen LogP contribution < -0.4 is 10.4 Å². The van der Waals surface area contributed by atoms with Gasteiger partial charge >= 0.3 is 5.97 Å². The minimum absolute atomic E-state index is 0.0740. The molecular weight excluding hydrogens is 623 g/mol. The third kappa shape index (κ3) is 7.96. The highest BCUT2D eigenvalue weighted by molar-refractivity contribution is 6.99. The lowest BCUT2D eigenvalue weighted by Crippen LogP contribution is -2.67. The number of benzene rings is 3. The summed E-state index contributed by atoms with van der Waals surface area (Å²) in [7, 11) is -2.66. The summed E-state index contributed by atoms with van der Waals surface area (Å²) in [5.74, 6) is 1.99. The zero-order chi connectivity index (χ0) is 35.4. The van der Waals surface area contributed by atoms with Gasteiger partial charge < -0.3 is 14.0 Å². The third-order valence-corrected chi connectivity index (χ3v) is 15.7. The molecule has 0 amide bonds. The summed E-state index contributed by atoms with van der Waals surface area (Å²) >= 11 is 0. The first kappa shape index (κ1) is 36.8. The molecule has 0 aliphatic heterocycles. The zero-order valence-electron chi connectivity index (χ0n) is 31.2. The van der Waals surface area contributed by atoms with Crippen LogP contribution in [0.2, 0.25) is 5.04 Å². The Hall–Kier alpha value is -3.48. The van der Waals surface area contributed by atoms with Crippen LogP contribution in [0.1, 0.15) is 87.1 Å². The van der Waals surface area contributed by atoms with E-state index >= 15 is 0 Å². The monoisotopic (exact) mass is 679 g/mol. The van der Waals surface area contributed by atoms with Gasteiger partial charge in [-0.1, -0.05) is 138 Å². The average Bonchev–Trinajstić information content (AvgIpc) is 3.07. The lowest BCUT2D eigenvalue weighted by atomic mass is 9.61. The second-order valence-electron chi connectivity index (χ2n) is 16.5. The maximum atomic E-state index is 12.8. The minimum atomic E-state index is -2.66. The number of allylic oxidation sites excluding steroid dienone is 2. The van der Waals surface area contributed by atoms with Crippen LogP contribution in [0.25, 0.3) is 0 Å². The summed E-state index contributed by atoms with van der Waals surface area (Å²) in [6, 6.07) is 32.1. The van der Waals surface area contributed by atoms with Crippen molar-refractivity contribution in [1.82, 2.24) is 0 Å². The van der Waals surface area contributed by atoms with Crippen molar-refractivity contribution >= 4 is 30.4 Å². The predicted octanol–water partition coefficient (Wildman–Crippen LogP) is 9.32. The molecule has 3 aromatic carbocycles. The summed E-state index contributed by atoms with van der Waals surface area (Å²) in [4.78, 5) is 18.4. The molecular formula is C43H57NO4Si. The summed E-state index contributed by atoms with van der Waals surface area (Å²) < 4.78 is 14.2. The number of ether oxygens (including phenoxy) is 1. The number of carbonyl (C=O) groups is 1. The number of nitrogens with zero attached hydrogens (tertiary/aromatic N) is 1. The van der Waals surface area contributed by atoms with Gasteiger partial charge in [0.05, 0.1) is 5.41 Å². The van der Waals surface area contributed by atoms with Gasteiger partial charge in [0.1, 0.15) is 18.1 Å². The minimum Gasteiger partial charge on any atom is -0.487 e. The maximum Gasteiger partial charge on any atom is 0.340 e. The van der Waals surface area contributed by atoms with Crippen LogP contribution >= 0.6 is 0 Å². The topological polar surface area (TPSA) is 57.1 Å². The highest BCUT2D eigenvalue weighted by Crippen LogP contribution is 2.50. The Bertz CT molecular complexity index is 1560. The lowest BCUT2D eigenvalue weighted by molar-refractivity contribution is -0.153. The largest absolute Gasteiger partial charge is 0.487 e. The molecule has 2 unspecified atom stereocenters. The van der Waals surface area contributed by atoms with Crippen LogP contribution in [0.4, 0.5) is 0 Å². The van der Waals surface area contributed by atoms with E-state index in [-0.39, 0.29) is 16.9 Å². The van der Waals surface area contributed by atoms with Crippen molar-refractivity contribution in [2.24, 2.45) is 40.2 Å². The molecule has 5 nitrogen and oxygen atoms in total. The molecule has 2 aliphatic carbocycles. The highest BCUT2D eigenvalue weighted by atomic mass is 28.4. The van der Waals surface area contributed by atoms with Crippen molar-refractivity contribution in [2.75, 3.05) is 6.61 Å². The van der Waals surface area contributed by atoms with Crippen molar-refractivity contribution in [2.45, 2.75) is 93.2 Å². The van der Waals surface area contributed by atoms with Crippen molar-refractivity contribution in [3.05, 3.63) is 108 Å². The molecule has 5 rings (SSSR count). The Balaban J connectivity index is 1.50. The van der Waals surface area contributed by atoms with Crippen LogP contribution in [0.3, 0.4) is 0 Å². The molecule has 0 radical (unpaired) electrons. The number of fused-ring (bicyclic) bond motifs is 1. The average molecular weight is 680 g/mol. The van der Waals surface area contributed by atoms with Crippen molar-refractivity contribution in [1.29, 1.82) is 0 Å². The predicted molar refractivity (Wildman–Crippen MR) is 203 cm³/mol. The summed E-state index contributed by atoms with van der Waals surface area (Å²) in [6.45, 7) is 20.6. The Kier molecular flexibility index (Phi) is 11.4. The van der Waals surface area contributed by atoms with Gasteiger partial charge in [0.25, 0.3) is 8.32 Å². The quantitative estimate of drug-likeness (QED) is 0.122. The molecule has 5 atom stereocenters. The fraction of sp³-hybridized carbons (Fsp3) is 0.488. The first-order chi connectivity index (χ1) is 23.2. The second kappa shape index (κ2) is 15.2. The Labute approximate surface area is 296 Å². The normalized spacial score (nSPS) is 23.2. The molecule has 2 aliphatic rings. The van der Waals surface area contributed by atoms with Gasteiger partial charge in [-0.15, -0.1) is 0 Å². The highest BCUT2D eigenvalue weighted by Gasteiger charge is 2.51. The molecule has 0 heterocycles. The number of hydrogen-bond donors (Lipinski definition) is 0. The summed E-state index contributed by atoms with van der Waals surface area (Å²) in [6.07, 6.45) is 3.16. The first-order valence-electron chi connectivity index (χ1n) is 18.2. The van der Waals surface area contributed by atoms with E-state index in [4.69, 9.17) is 14.0 Å². The summed E-state index contributed by atoms with van der Waals surface area (Å²) in [5.41, 5.74) is 2.53. The molecule has 3 aromatic rings. The molecule has 49 heavy (non-hydrogen) atoms. The van der Waals surface area contributed by atoms with E-state index in [1.54, 1.807) is 0 Å². The van der Waals surface area contributed by atoms with E-state index in [2.05, 4.69) is 119 Å². The molecule has 0 saturated heterocycles. The van der Waals surface area contributed by atoms with E-state index in [0.717, 1.165) is 36.3 Å². The van der Waals surface area contributed by atoms with Gasteiger partial charge in [0.2, 0.25) is 0 Å². The maximum absolute atomic E-state index is 12.8. The van der Waals surface area contributed by atoms with Crippen LogP contribution in [0.15, 0.2) is 107 Å². The molecule has 262 valence electrons. The van der Waals surface area contributed by atoms with Crippen LogP contribution in [0.5, 0.6) is 0 Å². The molecule has 0 N–H and O–H groups in total. The summed E-state index contributed by atoms with van der Waals surface area (Å²) in [5, 5.41) is 7.10. The standard InChI is InChI=1S/C43H57NO4Si/c1-30-25-26-36(32(3)28-47-49(43(7,8)9,34-21-15-11-16-22-34)35-23-17-12-18-24-35)37-27-31(2)39(44-48-41(45)42(4,5)6)40(38(30)37)46-29-33-19-13-10-14-20-33/h10-24,30-32,36-37H,25-29H2,1-9H3/b44-39+/t30-,31?,32-,36+,37?/m0/s1. The molecule has 0 bridgehead atoms.